The number of hydrogen-bond donors (Lipinski definition) is 0. The van der Waals surface area contributed by atoms with Crippen molar-refractivity contribution in [2.45, 2.75) is 34.3 Å². The molecule has 0 aliphatic heterocycles. The summed E-state index contributed by atoms with van der Waals surface area (Å²) in [6, 6.07) is 4.07. The largest absolute Gasteiger partial charge is 0.375 e. The zero-order chi connectivity index (χ0) is 10.6. The lowest BCUT2D eigenvalue weighted by Gasteiger charge is -2.17. The van der Waals surface area contributed by atoms with Gasteiger partial charge in [0.2, 0.25) is 0 Å². The van der Waals surface area contributed by atoms with Gasteiger partial charge in [-0.3, -0.25) is 4.98 Å². The van der Waals surface area contributed by atoms with E-state index in [0.29, 0.717) is 6.61 Å². The van der Waals surface area contributed by atoms with Gasteiger partial charge in [-0.1, -0.05) is 26.8 Å². The Morgan fingerprint density at radius 3 is 2.50 bits per heavy atom. The molecule has 78 valence electrons. The Morgan fingerprint density at radius 1 is 1.29 bits per heavy atom. The normalized spacial score (nSPS) is 11.7. The van der Waals surface area contributed by atoms with E-state index in [1.807, 2.05) is 19.2 Å². The van der Waals surface area contributed by atoms with Crippen LogP contribution in [-0.2, 0) is 11.3 Å². The van der Waals surface area contributed by atoms with Gasteiger partial charge in [0.25, 0.3) is 0 Å². The van der Waals surface area contributed by atoms with E-state index in [1.54, 1.807) is 0 Å². The number of hydrogen-bond acceptors (Lipinski definition) is 2. The highest BCUT2D eigenvalue weighted by Crippen LogP contribution is 2.13. The molecule has 0 aromatic carbocycles. The molecule has 2 nitrogen and oxygen atoms in total. The fraction of sp³-hybridized carbons (Fsp3) is 0.583. The predicted molar refractivity (Wildman–Crippen MR) is 58.1 cm³/mol. The van der Waals surface area contributed by atoms with Crippen molar-refractivity contribution >= 4 is 0 Å². The molecule has 0 atom stereocenters. The van der Waals surface area contributed by atoms with Gasteiger partial charge in [0.15, 0.2) is 0 Å². The second-order valence-corrected chi connectivity index (χ2v) is 4.88. The Hall–Kier alpha value is -0.890. The molecule has 14 heavy (non-hydrogen) atoms. The van der Waals surface area contributed by atoms with Crippen LogP contribution in [0.3, 0.4) is 0 Å². The summed E-state index contributed by atoms with van der Waals surface area (Å²) in [5.41, 5.74) is 2.41. The number of pyridine rings is 1. The smallest absolute Gasteiger partial charge is 0.0888 e. The summed E-state index contributed by atoms with van der Waals surface area (Å²) in [6.07, 6.45) is 1.87. The standard InChI is InChI=1S/C12H19NO/c1-10-5-6-11(13-7-10)8-14-9-12(2,3)4/h5-7H,8-9H2,1-4H3. The Labute approximate surface area is 86.3 Å². The molecule has 1 aromatic rings. The van der Waals surface area contributed by atoms with Gasteiger partial charge < -0.3 is 4.74 Å². The van der Waals surface area contributed by atoms with Gasteiger partial charge in [0, 0.05) is 6.20 Å². The van der Waals surface area contributed by atoms with E-state index in [1.165, 1.54) is 5.56 Å². The summed E-state index contributed by atoms with van der Waals surface area (Å²) in [5, 5.41) is 0. The molecular formula is C12H19NO. The first-order chi connectivity index (χ1) is 6.47. The van der Waals surface area contributed by atoms with Crippen molar-refractivity contribution in [3.05, 3.63) is 29.6 Å². The first-order valence-electron chi connectivity index (χ1n) is 4.97. The second kappa shape index (κ2) is 4.56. The van der Waals surface area contributed by atoms with Crippen LogP contribution in [0.1, 0.15) is 32.0 Å². The molecular weight excluding hydrogens is 174 g/mol. The van der Waals surface area contributed by atoms with Crippen LogP contribution in [0, 0.1) is 12.3 Å². The first kappa shape index (κ1) is 11.2. The third-order valence-corrected chi connectivity index (χ3v) is 1.76. The molecule has 0 fully saturated rings. The van der Waals surface area contributed by atoms with E-state index in [0.717, 1.165) is 12.3 Å². The van der Waals surface area contributed by atoms with E-state index in [4.69, 9.17) is 4.74 Å². The van der Waals surface area contributed by atoms with Crippen LogP contribution in [0.4, 0.5) is 0 Å². The van der Waals surface area contributed by atoms with Gasteiger partial charge in [0.1, 0.15) is 0 Å². The summed E-state index contributed by atoms with van der Waals surface area (Å²) in [5.74, 6) is 0. The minimum Gasteiger partial charge on any atom is -0.375 e. The van der Waals surface area contributed by atoms with Crippen molar-refractivity contribution in [1.29, 1.82) is 0 Å². The molecule has 1 aromatic heterocycles. The van der Waals surface area contributed by atoms with Gasteiger partial charge in [-0.2, -0.15) is 0 Å². The Kier molecular flexibility index (Phi) is 3.64. The highest BCUT2D eigenvalue weighted by molar-refractivity contribution is 5.11. The summed E-state index contributed by atoms with van der Waals surface area (Å²) in [4.78, 5) is 4.27. The van der Waals surface area contributed by atoms with E-state index >= 15 is 0 Å². The monoisotopic (exact) mass is 193 g/mol. The van der Waals surface area contributed by atoms with Crippen molar-refractivity contribution in [2.75, 3.05) is 6.61 Å². The molecule has 1 heterocycles. The average molecular weight is 193 g/mol. The van der Waals surface area contributed by atoms with Crippen molar-refractivity contribution in [3.8, 4) is 0 Å². The van der Waals surface area contributed by atoms with Crippen LogP contribution in [0.5, 0.6) is 0 Å². The average Bonchev–Trinajstić information content (AvgIpc) is 2.06. The quantitative estimate of drug-likeness (QED) is 0.736. The number of aromatic nitrogens is 1. The van der Waals surface area contributed by atoms with Gasteiger partial charge in [-0.25, -0.2) is 0 Å². The van der Waals surface area contributed by atoms with E-state index in [2.05, 4.69) is 31.8 Å². The molecule has 2 heteroatoms. The lowest BCUT2D eigenvalue weighted by molar-refractivity contribution is 0.0581. The van der Waals surface area contributed by atoms with E-state index in [-0.39, 0.29) is 5.41 Å². The van der Waals surface area contributed by atoms with Gasteiger partial charge in [0.05, 0.1) is 18.9 Å². The Balaban J connectivity index is 2.35. The molecule has 1 rings (SSSR count). The van der Waals surface area contributed by atoms with Crippen LogP contribution >= 0.6 is 0 Å². The van der Waals surface area contributed by atoms with Gasteiger partial charge in [-0.05, 0) is 24.0 Å². The number of rotatable bonds is 3. The molecule has 0 aliphatic carbocycles. The Morgan fingerprint density at radius 2 is 2.00 bits per heavy atom. The minimum atomic E-state index is 0.227. The number of aryl methyl sites for hydroxylation is 1. The first-order valence-corrected chi connectivity index (χ1v) is 4.97. The highest BCUT2D eigenvalue weighted by Gasteiger charge is 2.09. The highest BCUT2D eigenvalue weighted by atomic mass is 16.5. The van der Waals surface area contributed by atoms with Crippen LogP contribution in [0.15, 0.2) is 18.3 Å². The minimum absolute atomic E-state index is 0.227. The van der Waals surface area contributed by atoms with E-state index in [9.17, 15) is 0 Å². The molecule has 0 radical (unpaired) electrons. The summed E-state index contributed by atoms with van der Waals surface area (Å²) in [7, 11) is 0. The van der Waals surface area contributed by atoms with Crippen LogP contribution in [0.25, 0.3) is 0 Å². The third-order valence-electron chi connectivity index (χ3n) is 1.76. The van der Waals surface area contributed by atoms with Crippen molar-refractivity contribution in [3.63, 3.8) is 0 Å². The number of nitrogens with zero attached hydrogens (tertiary/aromatic N) is 1. The molecule has 0 saturated heterocycles. The fourth-order valence-electron chi connectivity index (χ4n) is 1.05. The zero-order valence-electron chi connectivity index (χ0n) is 9.50. The maximum absolute atomic E-state index is 5.56. The summed E-state index contributed by atoms with van der Waals surface area (Å²) < 4.78 is 5.56. The van der Waals surface area contributed by atoms with Crippen molar-refractivity contribution in [1.82, 2.24) is 4.98 Å². The topological polar surface area (TPSA) is 22.1 Å². The van der Waals surface area contributed by atoms with E-state index < -0.39 is 0 Å². The maximum Gasteiger partial charge on any atom is 0.0888 e. The maximum atomic E-state index is 5.56. The van der Waals surface area contributed by atoms with Crippen LogP contribution < -0.4 is 0 Å². The van der Waals surface area contributed by atoms with Crippen molar-refractivity contribution in [2.24, 2.45) is 5.41 Å². The molecule has 0 spiro atoms. The molecule has 0 aliphatic rings. The van der Waals surface area contributed by atoms with Crippen LogP contribution in [-0.4, -0.2) is 11.6 Å². The molecule has 0 unspecified atom stereocenters. The Bertz CT molecular complexity index is 271. The molecule has 0 amide bonds. The summed E-state index contributed by atoms with van der Waals surface area (Å²) >= 11 is 0. The van der Waals surface area contributed by atoms with Crippen LogP contribution in [0.2, 0.25) is 0 Å². The summed E-state index contributed by atoms with van der Waals surface area (Å²) in [6.45, 7) is 9.90. The number of ether oxygens (including phenoxy) is 1. The van der Waals surface area contributed by atoms with Gasteiger partial charge >= 0.3 is 0 Å². The molecule has 0 N–H and O–H groups in total. The lowest BCUT2D eigenvalue weighted by atomic mass is 9.99. The van der Waals surface area contributed by atoms with Gasteiger partial charge in [-0.15, -0.1) is 0 Å². The second-order valence-electron chi connectivity index (χ2n) is 4.88. The zero-order valence-corrected chi connectivity index (χ0v) is 9.50. The third kappa shape index (κ3) is 4.38. The molecule has 0 bridgehead atoms. The SMILES string of the molecule is Cc1ccc(COCC(C)(C)C)nc1. The lowest BCUT2D eigenvalue weighted by Crippen LogP contribution is -2.14. The fourth-order valence-corrected chi connectivity index (χ4v) is 1.05. The predicted octanol–water partition coefficient (Wildman–Crippen LogP) is 2.95. The van der Waals surface area contributed by atoms with Crippen molar-refractivity contribution < 1.29 is 4.74 Å². The molecule has 0 saturated carbocycles.